The molecule has 1 amide bonds. The maximum Gasteiger partial charge on any atom is 0.411 e. The highest BCUT2D eigenvalue weighted by molar-refractivity contribution is 6.30. The van der Waals surface area contributed by atoms with Gasteiger partial charge in [0, 0.05) is 42.2 Å². The molecule has 2 aromatic carbocycles. The lowest BCUT2D eigenvalue weighted by molar-refractivity contribution is -0.931. The number of nitrogens with zero attached hydrogens (tertiary/aromatic N) is 1. The van der Waals surface area contributed by atoms with Crippen molar-refractivity contribution in [2.45, 2.75) is 37.8 Å². The first-order valence-electron chi connectivity index (χ1n) is 10.2. The van der Waals surface area contributed by atoms with Crippen LogP contribution in [0.2, 0.25) is 5.02 Å². The first-order chi connectivity index (χ1) is 13.8. The highest BCUT2D eigenvalue weighted by Crippen LogP contribution is 2.42. The number of anilines is 1. The number of carbonyl (C=O) groups is 1. The smallest absolute Gasteiger partial charge is 0.411 e. The molecule has 1 N–H and O–H groups in total. The number of hydrogen-bond donors (Lipinski definition) is 1. The van der Waals surface area contributed by atoms with Crippen molar-refractivity contribution in [3.05, 3.63) is 53.3 Å². The number of halogens is 2. The minimum atomic E-state index is -0.508. The fourth-order valence-electron chi connectivity index (χ4n) is 4.99. The third kappa shape index (κ3) is 4.26. The topological polar surface area (TPSA) is 38.3 Å². The molecule has 2 aliphatic rings. The third-order valence-corrected chi connectivity index (χ3v) is 6.97. The van der Waals surface area contributed by atoms with Gasteiger partial charge in [-0.1, -0.05) is 23.7 Å². The van der Waals surface area contributed by atoms with Crippen LogP contribution in [-0.4, -0.2) is 43.4 Å². The summed E-state index contributed by atoms with van der Waals surface area (Å²) in [5.41, 5.74) is 1.80. The summed E-state index contributed by atoms with van der Waals surface area (Å²) in [5, 5.41) is 3.32. The summed E-state index contributed by atoms with van der Waals surface area (Å²) >= 11 is 6.07. The lowest BCUT2D eigenvalue weighted by Crippen LogP contribution is -2.55. The molecule has 2 aromatic rings. The monoisotopic (exact) mass is 417 g/mol. The molecule has 6 heteroatoms. The number of nitrogens with one attached hydrogen (secondary N) is 1. The van der Waals surface area contributed by atoms with Crippen molar-refractivity contribution in [1.29, 1.82) is 0 Å². The van der Waals surface area contributed by atoms with Crippen LogP contribution < -0.4 is 5.32 Å². The van der Waals surface area contributed by atoms with Gasteiger partial charge in [-0.15, -0.1) is 0 Å². The molecule has 4 rings (SSSR count). The van der Waals surface area contributed by atoms with Gasteiger partial charge in [-0.25, -0.2) is 9.18 Å². The average Bonchev–Trinajstić information content (AvgIpc) is 2.85. The van der Waals surface area contributed by atoms with Crippen molar-refractivity contribution in [1.82, 2.24) is 0 Å². The Bertz CT molecular complexity index is 902. The predicted molar refractivity (Wildman–Crippen MR) is 113 cm³/mol. The van der Waals surface area contributed by atoms with Crippen molar-refractivity contribution in [3.63, 3.8) is 0 Å². The van der Waals surface area contributed by atoms with E-state index in [0.29, 0.717) is 40.9 Å². The van der Waals surface area contributed by atoms with Crippen LogP contribution >= 0.6 is 11.6 Å². The van der Waals surface area contributed by atoms with Gasteiger partial charge in [0.05, 0.1) is 38.5 Å². The molecule has 2 aliphatic heterocycles. The van der Waals surface area contributed by atoms with Crippen LogP contribution in [0.5, 0.6) is 0 Å². The summed E-state index contributed by atoms with van der Waals surface area (Å²) in [4.78, 5) is 12.4. The third-order valence-electron chi connectivity index (χ3n) is 6.73. The van der Waals surface area contributed by atoms with Gasteiger partial charge in [-0.05, 0) is 35.9 Å². The van der Waals surface area contributed by atoms with E-state index in [-0.39, 0.29) is 5.82 Å². The molecule has 0 saturated carbocycles. The van der Waals surface area contributed by atoms with Crippen molar-refractivity contribution in [2.75, 3.05) is 26.0 Å². The lowest BCUT2D eigenvalue weighted by Gasteiger charge is -2.44. The van der Waals surface area contributed by atoms with Crippen molar-refractivity contribution in [2.24, 2.45) is 5.92 Å². The Balaban J connectivity index is 1.41. The quantitative estimate of drug-likeness (QED) is 0.647. The Morgan fingerprint density at radius 2 is 1.90 bits per heavy atom. The molecule has 2 bridgehead atoms. The van der Waals surface area contributed by atoms with Crippen molar-refractivity contribution >= 4 is 23.4 Å². The standard InChI is InChI=1S/C23H26ClFN2O2/c1-27(2)19-7-8-20(27)11-15(10-19)14-29-23(28)26-22-9-6-18(25)13-21(22)16-4-3-5-17(24)12-16/h3-6,9,12-13,15,19-20H,7-8,10-11,14H2,1-2H3/p+1/t15?,19-,20+. The number of quaternary nitrogens is 1. The van der Waals surface area contributed by atoms with Crippen LogP contribution in [0.1, 0.15) is 25.7 Å². The minimum absolute atomic E-state index is 0.377. The Morgan fingerprint density at radius 1 is 1.17 bits per heavy atom. The summed E-state index contributed by atoms with van der Waals surface area (Å²) in [6.07, 6.45) is 4.21. The summed E-state index contributed by atoms with van der Waals surface area (Å²) in [5.74, 6) is 0.0299. The molecule has 1 unspecified atom stereocenters. The molecule has 29 heavy (non-hydrogen) atoms. The van der Waals surface area contributed by atoms with Gasteiger partial charge in [0.2, 0.25) is 0 Å². The van der Waals surface area contributed by atoms with E-state index in [4.69, 9.17) is 16.3 Å². The molecule has 2 saturated heterocycles. The molecule has 2 fully saturated rings. The van der Waals surface area contributed by atoms with E-state index in [1.165, 1.54) is 25.0 Å². The van der Waals surface area contributed by atoms with Gasteiger partial charge in [0.25, 0.3) is 0 Å². The van der Waals surface area contributed by atoms with Crippen molar-refractivity contribution in [3.8, 4) is 11.1 Å². The zero-order valence-electron chi connectivity index (χ0n) is 16.8. The minimum Gasteiger partial charge on any atom is -0.449 e. The number of fused-ring (bicyclic) bond motifs is 2. The molecular weight excluding hydrogens is 391 g/mol. The van der Waals surface area contributed by atoms with E-state index in [1.807, 2.05) is 6.07 Å². The molecule has 0 radical (unpaired) electrons. The van der Waals surface area contributed by atoms with Crippen LogP contribution in [-0.2, 0) is 4.74 Å². The average molecular weight is 418 g/mol. The largest absolute Gasteiger partial charge is 0.449 e. The first-order valence-corrected chi connectivity index (χ1v) is 10.5. The van der Waals surface area contributed by atoms with Gasteiger partial charge < -0.3 is 9.22 Å². The van der Waals surface area contributed by atoms with Crippen molar-refractivity contribution < 1.29 is 18.4 Å². The maximum atomic E-state index is 13.8. The molecule has 3 atom stereocenters. The normalized spacial score (nSPS) is 24.9. The second kappa shape index (κ2) is 7.96. The fourth-order valence-corrected chi connectivity index (χ4v) is 5.18. The SMILES string of the molecule is C[N+]1(C)[C@@H]2CC[C@H]1CC(COC(=O)Nc1ccc(F)cc1-c1cccc(Cl)c1)C2. The summed E-state index contributed by atoms with van der Waals surface area (Å²) in [6, 6.07) is 12.7. The summed E-state index contributed by atoms with van der Waals surface area (Å²) in [6.45, 7) is 0.423. The highest BCUT2D eigenvalue weighted by Gasteiger charge is 2.48. The van der Waals surface area contributed by atoms with Crippen LogP contribution in [0.15, 0.2) is 42.5 Å². The Labute approximate surface area is 176 Å². The molecule has 0 aliphatic carbocycles. The molecule has 2 heterocycles. The number of amides is 1. The van der Waals surface area contributed by atoms with Gasteiger partial charge in [-0.2, -0.15) is 0 Å². The van der Waals surface area contributed by atoms with E-state index < -0.39 is 6.09 Å². The lowest BCUT2D eigenvalue weighted by atomic mass is 9.90. The van der Waals surface area contributed by atoms with E-state index in [1.54, 1.807) is 24.3 Å². The maximum absolute atomic E-state index is 13.8. The number of benzene rings is 2. The molecule has 0 spiro atoms. The number of rotatable bonds is 4. The number of carbonyl (C=O) groups excluding carboxylic acids is 1. The number of piperidine rings is 1. The number of hydrogen-bond acceptors (Lipinski definition) is 2. The van der Waals surface area contributed by atoms with Crippen LogP contribution in [0, 0.1) is 11.7 Å². The highest BCUT2D eigenvalue weighted by atomic mass is 35.5. The molecule has 4 nitrogen and oxygen atoms in total. The van der Waals surface area contributed by atoms with E-state index in [9.17, 15) is 9.18 Å². The van der Waals surface area contributed by atoms with E-state index in [2.05, 4.69) is 19.4 Å². The number of ether oxygens (including phenoxy) is 1. The molecule has 154 valence electrons. The zero-order chi connectivity index (χ0) is 20.6. The predicted octanol–water partition coefficient (Wildman–Crippen LogP) is 5.71. The van der Waals surface area contributed by atoms with E-state index in [0.717, 1.165) is 22.9 Å². The van der Waals surface area contributed by atoms with Gasteiger partial charge >= 0.3 is 6.09 Å². The second-order valence-electron chi connectivity index (χ2n) is 8.78. The van der Waals surface area contributed by atoms with Gasteiger partial charge in [0.15, 0.2) is 0 Å². The Kier molecular flexibility index (Phi) is 5.54. The molecule has 0 aromatic heterocycles. The van der Waals surface area contributed by atoms with Gasteiger partial charge in [0.1, 0.15) is 5.82 Å². The Morgan fingerprint density at radius 3 is 2.59 bits per heavy atom. The fraction of sp³-hybridized carbons (Fsp3) is 0.435. The second-order valence-corrected chi connectivity index (χ2v) is 9.21. The van der Waals surface area contributed by atoms with E-state index >= 15 is 0 Å². The van der Waals surface area contributed by atoms with Crippen LogP contribution in [0.3, 0.4) is 0 Å². The van der Waals surface area contributed by atoms with Gasteiger partial charge in [-0.3, -0.25) is 5.32 Å². The molecular formula is C23H27ClFN2O2+. The summed E-state index contributed by atoms with van der Waals surface area (Å²) < 4.78 is 20.5. The zero-order valence-corrected chi connectivity index (χ0v) is 17.6. The van der Waals surface area contributed by atoms with Crippen LogP contribution in [0.4, 0.5) is 14.9 Å². The summed E-state index contributed by atoms with van der Waals surface area (Å²) in [7, 11) is 4.63. The first kappa shape index (κ1) is 20.2. The Hall–Kier alpha value is -2.11. The van der Waals surface area contributed by atoms with Crippen LogP contribution in [0.25, 0.3) is 11.1 Å².